The number of nitrogens with zero attached hydrogens (tertiary/aromatic N) is 6. The summed E-state index contributed by atoms with van der Waals surface area (Å²) in [5, 5.41) is 28.5. The van der Waals surface area contributed by atoms with Crippen molar-refractivity contribution in [3.63, 3.8) is 0 Å². The van der Waals surface area contributed by atoms with Crippen LogP contribution in [0.5, 0.6) is 0 Å². The number of nitro groups is 2. The van der Waals surface area contributed by atoms with Gasteiger partial charge in [0.25, 0.3) is 7.44 Å². The highest BCUT2D eigenvalue weighted by Gasteiger charge is 2.52. The molecule has 0 aliphatic carbocycles. The summed E-state index contributed by atoms with van der Waals surface area (Å²) in [6, 6.07) is 68.3. The number of hydrogen-bond donors (Lipinski definition) is 2. The second kappa shape index (κ2) is 25.8. The zero-order chi connectivity index (χ0) is 49.0. The summed E-state index contributed by atoms with van der Waals surface area (Å²) in [6.45, 7) is 3.76. The van der Waals surface area contributed by atoms with E-state index >= 15 is 0 Å². The Morgan fingerprint density at radius 3 is 1.47 bits per heavy atom. The molecule has 0 radical (unpaired) electrons. The van der Waals surface area contributed by atoms with Gasteiger partial charge in [-0.15, -0.1) is 0 Å². The monoisotopic (exact) mass is 992 g/mol. The lowest BCUT2D eigenvalue weighted by molar-refractivity contribution is -0.480. The van der Waals surface area contributed by atoms with Crippen molar-refractivity contribution in [2.24, 2.45) is 0 Å². The first-order valence-corrected chi connectivity index (χ1v) is 25.9. The quantitative estimate of drug-likeness (QED) is 0.0330. The minimum Gasteiger partial charge on any atom is -0.360 e. The number of anilines is 5. The molecule has 70 heavy (non-hydrogen) atoms. The van der Waals surface area contributed by atoms with Crippen molar-refractivity contribution >= 4 is 67.7 Å². The van der Waals surface area contributed by atoms with Crippen LogP contribution in [0.25, 0.3) is 6.08 Å². The Morgan fingerprint density at radius 1 is 0.614 bits per heavy atom. The van der Waals surface area contributed by atoms with Crippen molar-refractivity contribution in [3.8, 4) is 0 Å². The Hall–Kier alpha value is -7.41. The Bertz CT molecular complexity index is 2680. The topological polar surface area (TPSA) is 150 Å². The van der Waals surface area contributed by atoms with Gasteiger partial charge in [0, 0.05) is 72.2 Å². The third-order valence-corrected chi connectivity index (χ3v) is 17.0. The molecule has 14 nitrogen and oxygen atoms in total. The molecule has 0 amide bonds. The van der Waals surface area contributed by atoms with E-state index in [1.807, 2.05) is 161 Å². The van der Waals surface area contributed by atoms with Gasteiger partial charge in [-0.1, -0.05) is 152 Å². The summed E-state index contributed by atoms with van der Waals surface area (Å²) in [4.78, 5) is 20.7. The van der Waals surface area contributed by atoms with Crippen molar-refractivity contribution in [2.75, 3.05) is 69.9 Å². The third kappa shape index (κ3) is 13.9. The summed E-state index contributed by atoms with van der Waals surface area (Å²) in [6.07, 6.45) is 2.38. The van der Waals surface area contributed by atoms with Gasteiger partial charge < -0.3 is 33.8 Å². The van der Waals surface area contributed by atoms with Crippen molar-refractivity contribution in [1.82, 2.24) is 5.32 Å². The Kier molecular flexibility index (Phi) is 18.6. The molecule has 2 heterocycles. The second-order valence-corrected chi connectivity index (χ2v) is 20.6. The van der Waals surface area contributed by atoms with Gasteiger partial charge in [0.05, 0.1) is 11.5 Å². The normalized spacial score (nSPS) is 14.5. The highest BCUT2D eigenvalue weighted by molar-refractivity contribution is 7.80. The van der Waals surface area contributed by atoms with Crippen LogP contribution < -0.4 is 29.3 Å². The minimum atomic E-state index is -3.40. The molecule has 0 aromatic heterocycles. The van der Waals surface area contributed by atoms with Gasteiger partial charge in [-0.25, -0.2) is 0 Å². The molecule has 1 unspecified atom stereocenters. The number of rotatable bonds is 15. The van der Waals surface area contributed by atoms with Gasteiger partial charge in [0.2, 0.25) is 21.2 Å². The zero-order valence-electron chi connectivity index (χ0n) is 38.3. The Morgan fingerprint density at radius 2 is 1.03 bits per heavy atom. The average Bonchev–Trinajstić information content (AvgIpc) is 4.00. The summed E-state index contributed by atoms with van der Waals surface area (Å²) >= 11 is 5.39. The first-order chi connectivity index (χ1) is 34.2. The predicted molar refractivity (Wildman–Crippen MR) is 290 cm³/mol. The molecule has 7 aromatic carbocycles. The Labute approximate surface area is 415 Å². The van der Waals surface area contributed by atoms with Crippen LogP contribution in [-0.4, -0.2) is 60.8 Å². The van der Waals surface area contributed by atoms with Gasteiger partial charge >= 0.3 is 0 Å². The van der Waals surface area contributed by atoms with Crippen LogP contribution in [0.1, 0.15) is 16.8 Å². The fourth-order valence-electron chi connectivity index (χ4n) is 7.94. The van der Waals surface area contributed by atoms with E-state index in [-0.39, 0.29) is 4.92 Å². The van der Waals surface area contributed by atoms with Crippen LogP contribution in [0.2, 0.25) is 0 Å². The molecular weight excluding hydrogens is 939 g/mol. The van der Waals surface area contributed by atoms with Crippen molar-refractivity contribution in [2.45, 2.75) is 5.66 Å². The molecule has 9 rings (SSSR count). The predicted octanol–water partition coefficient (Wildman–Crippen LogP) is 12.4. The van der Waals surface area contributed by atoms with Crippen molar-refractivity contribution < 1.29 is 18.9 Å². The molecule has 358 valence electrons. The zero-order valence-corrected chi connectivity index (χ0v) is 40.9. The number of hydrogen-bond acceptors (Lipinski definition) is 9. The van der Waals surface area contributed by atoms with E-state index in [0.29, 0.717) is 31.4 Å². The molecule has 2 N–H and O–H groups in total. The van der Waals surface area contributed by atoms with Crippen LogP contribution in [0.4, 0.5) is 28.4 Å². The summed E-state index contributed by atoms with van der Waals surface area (Å²) < 4.78 is 29.7. The molecular formula is C53H54N8O6P2S. The molecule has 17 heteroatoms. The first-order valence-electron chi connectivity index (χ1n) is 22.7. The number of nitrogens with one attached hydrogen (secondary N) is 2. The van der Waals surface area contributed by atoms with Gasteiger partial charge in [-0.3, -0.25) is 24.8 Å². The van der Waals surface area contributed by atoms with Gasteiger partial charge in [-0.05, 0) is 84.0 Å². The molecule has 2 aliphatic heterocycles. The minimum absolute atomic E-state index is 0.359. The van der Waals surface area contributed by atoms with Gasteiger partial charge in [0.15, 0.2) is 5.11 Å². The van der Waals surface area contributed by atoms with Crippen molar-refractivity contribution in [3.05, 3.63) is 250 Å². The maximum Gasteiger partial charge on any atom is 0.277 e. The Balaban J connectivity index is 0.000000170. The molecule has 2 fully saturated rings. The van der Waals surface area contributed by atoms with Crippen LogP contribution in [0.3, 0.4) is 0 Å². The second-order valence-electron chi connectivity index (χ2n) is 15.7. The van der Waals surface area contributed by atoms with Crippen LogP contribution >= 0.6 is 28.1 Å². The van der Waals surface area contributed by atoms with E-state index in [4.69, 9.17) is 16.7 Å². The number of thiocarbonyl (C=S) groups is 1. The highest BCUT2D eigenvalue weighted by atomic mass is 32.1. The van der Waals surface area contributed by atoms with Gasteiger partial charge in [0.1, 0.15) is 5.66 Å². The fraction of sp³-hybridized carbons (Fsp3) is 0.151. The van der Waals surface area contributed by atoms with Crippen LogP contribution in [0.15, 0.2) is 219 Å². The molecule has 0 bridgehead atoms. The maximum atomic E-state index is 14.9. The van der Waals surface area contributed by atoms with Gasteiger partial charge in [-0.2, -0.15) is 0 Å². The molecule has 2 aliphatic rings. The van der Waals surface area contributed by atoms with Crippen LogP contribution in [-0.2, 0) is 9.09 Å². The third-order valence-electron chi connectivity index (χ3n) is 11.1. The molecule has 1 atom stereocenters. The van der Waals surface area contributed by atoms with E-state index < -0.39 is 33.0 Å². The van der Waals surface area contributed by atoms with E-state index in [0.717, 1.165) is 47.5 Å². The van der Waals surface area contributed by atoms with Crippen molar-refractivity contribution in [1.29, 1.82) is 0 Å². The SMILES string of the molecule is O=[N+]([O-])/C=C/c1ccccc1.O=[N+]([O-])CC(c1ccccc1)P1(=O)N(c2ccccc2)CCN1c1ccccc1.S=C(NCCOP1N(c2ccccc2)CCN1c1ccccc1)Nc1ccccc1. The summed E-state index contributed by atoms with van der Waals surface area (Å²) in [7, 11) is -4.34. The largest absolute Gasteiger partial charge is 0.360 e. The van der Waals surface area contributed by atoms with E-state index in [1.54, 1.807) is 12.1 Å². The van der Waals surface area contributed by atoms with E-state index in [9.17, 15) is 24.8 Å². The lowest BCUT2D eigenvalue weighted by Gasteiger charge is -2.36. The summed E-state index contributed by atoms with van der Waals surface area (Å²) in [5.41, 5.74) is 5.80. The van der Waals surface area contributed by atoms with Crippen LogP contribution in [0, 0.1) is 20.2 Å². The summed E-state index contributed by atoms with van der Waals surface area (Å²) in [5.74, 6) is 0. The fourth-order valence-corrected chi connectivity index (χ4v) is 13.7. The first kappa shape index (κ1) is 50.5. The average molecular weight is 993 g/mol. The molecule has 7 aromatic rings. The lowest BCUT2D eigenvalue weighted by Crippen LogP contribution is -2.31. The van der Waals surface area contributed by atoms with E-state index in [1.165, 1.54) is 17.5 Å². The maximum absolute atomic E-state index is 14.9. The number of para-hydroxylation sites is 5. The lowest BCUT2D eigenvalue weighted by atomic mass is 10.1. The molecule has 0 spiro atoms. The standard InChI is InChI=1S/C23H25N4OPS.C22H22N3O3P.C8H7NO2/c30-23(25-20-10-4-1-5-11-20)24-16-19-28-29-26(21-12-6-2-7-13-21)17-18-27(29)22-14-8-3-9-15-22;26-25(27)18-22(19-10-4-1-5-11-19)29(28)23(20-12-6-2-7-13-20)16-17-24(29)21-14-8-3-9-15-21;10-9(11)7-6-8-4-2-1-3-5-8/h1-15H,16-19H2,(H2,24,25,30);1-15,22H,16-18H2;1-7H/b;;7-6+. The molecule has 0 saturated carbocycles. The number of benzene rings is 7. The smallest absolute Gasteiger partial charge is 0.277 e. The van der Waals surface area contributed by atoms with E-state index in [2.05, 4.69) is 68.5 Å². The molecule has 2 saturated heterocycles. The highest BCUT2D eigenvalue weighted by Crippen LogP contribution is 2.69.